The van der Waals surface area contributed by atoms with Gasteiger partial charge in [0.15, 0.2) is 0 Å². The summed E-state index contributed by atoms with van der Waals surface area (Å²) in [4.78, 5) is 0. The third-order valence-electron chi connectivity index (χ3n) is 4.60. The summed E-state index contributed by atoms with van der Waals surface area (Å²) in [6, 6.07) is 0. The molecule has 0 spiro atoms. The standard InChI is InChI=1S/C22H42Br2O6P2/c1-7-13-15-17-19(21(23)31(25,27-9-3)28-10-4)20(18-16-14-8-2)22(24)32(26,29-11-5)30-12-6/h7-18H2,1-6H3/b21-19+,22-20+. The molecule has 0 N–H and O–H groups in total. The highest BCUT2D eigenvalue weighted by atomic mass is 79.9. The second-order valence-electron chi connectivity index (χ2n) is 7.12. The maximum Gasteiger partial charge on any atom is 0.368 e. The van der Waals surface area contributed by atoms with Crippen LogP contribution in [-0.4, -0.2) is 26.4 Å². The summed E-state index contributed by atoms with van der Waals surface area (Å²) in [7, 11) is -7.12. The van der Waals surface area contributed by atoms with E-state index in [9.17, 15) is 9.13 Å². The molecular weight excluding hydrogens is 582 g/mol. The lowest BCUT2D eigenvalue weighted by molar-refractivity contribution is 0.226. The van der Waals surface area contributed by atoms with Crippen molar-refractivity contribution < 1.29 is 27.2 Å². The number of hydrogen-bond donors (Lipinski definition) is 0. The minimum atomic E-state index is -3.56. The highest BCUT2D eigenvalue weighted by molar-refractivity contribution is 9.13. The van der Waals surface area contributed by atoms with Gasteiger partial charge in [0.25, 0.3) is 0 Å². The molecule has 0 aromatic rings. The second-order valence-corrected chi connectivity index (χ2v) is 13.8. The number of halogens is 2. The zero-order valence-electron chi connectivity index (χ0n) is 20.6. The first-order valence-corrected chi connectivity index (χ1v) is 16.4. The van der Waals surface area contributed by atoms with E-state index in [1.807, 2.05) is 0 Å². The van der Waals surface area contributed by atoms with Gasteiger partial charge in [-0.05, 0) is 96.4 Å². The molecule has 0 aliphatic heterocycles. The molecular formula is C22H42Br2O6P2. The summed E-state index contributed by atoms with van der Waals surface area (Å²) in [6.07, 6.45) is 7.21. The van der Waals surface area contributed by atoms with Crippen molar-refractivity contribution >= 4 is 47.1 Å². The summed E-state index contributed by atoms with van der Waals surface area (Å²) < 4.78 is 50.5. The van der Waals surface area contributed by atoms with Crippen molar-refractivity contribution in [2.45, 2.75) is 92.9 Å². The van der Waals surface area contributed by atoms with Crippen LogP contribution in [0, 0.1) is 0 Å². The van der Waals surface area contributed by atoms with Gasteiger partial charge >= 0.3 is 15.2 Å². The molecule has 0 fully saturated rings. The van der Waals surface area contributed by atoms with Crippen molar-refractivity contribution in [1.29, 1.82) is 0 Å². The maximum absolute atomic E-state index is 13.6. The van der Waals surface area contributed by atoms with Gasteiger partial charge in [-0.15, -0.1) is 0 Å². The van der Waals surface area contributed by atoms with Crippen LogP contribution in [0.1, 0.15) is 92.9 Å². The number of unbranched alkanes of at least 4 members (excludes halogenated alkanes) is 4. The smallest absolute Gasteiger partial charge is 0.305 e. The van der Waals surface area contributed by atoms with Gasteiger partial charge in [0.05, 0.1) is 26.4 Å². The van der Waals surface area contributed by atoms with E-state index in [-0.39, 0.29) is 26.4 Å². The Labute approximate surface area is 212 Å². The van der Waals surface area contributed by atoms with E-state index in [1.165, 1.54) is 0 Å². The predicted octanol–water partition coefficient (Wildman–Crippen LogP) is 9.89. The molecule has 0 unspecified atom stereocenters. The molecule has 32 heavy (non-hydrogen) atoms. The number of rotatable bonds is 19. The summed E-state index contributed by atoms with van der Waals surface area (Å²) in [5, 5.41) is 0. The van der Waals surface area contributed by atoms with Crippen molar-refractivity contribution in [2.75, 3.05) is 26.4 Å². The molecule has 0 heterocycles. The van der Waals surface area contributed by atoms with Crippen LogP contribution < -0.4 is 0 Å². The third-order valence-corrected chi connectivity index (χ3v) is 12.1. The Hall–Kier alpha value is 0.740. The zero-order valence-corrected chi connectivity index (χ0v) is 25.5. The van der Waals surface area contributed by atoms with Gasteiger partial charge in [0.1, 0.15) is 8.45 Å². The predicted molar refractivity (Wildman–Crippen MR) is 142 cm³/mol. The summed E-state index contributed by atoms with van der Waals surface area (Å²) >= 11 is 7.17. The van der Waals surface area contributed by atoms with Crippen LogP contribution in [0.4, 0.5) is 0 Å². The molecule has 0 saturated heterocycles. The molecule has 0 bridgehead atoms. The average Bonchev–Trinajstić information content (AvgIpc) is 2.75. The Morgan fingerprint density at radius 3 is 1.06 bits per heavy atom. The lowest BCUT2D eigenvalue weighted by Gasteiger charge is -2.25. The molecule has 0 rings (SSSR count). The molecule has 0 radical (unpaired) electrons. The highest BCUT2D eigenvalue weighted by Crippen LogP contribution is 2.65. The quantitative estimate of drug-likeness (QED) is 0.0810. The first-order chi connectivity index (χ1) is 15.2. The van der Waals surface area contributed by atoms with Gasteiger partial charge in [-0.25, -0.2) is 0 Å². The van der Waals surface area contributed by atoms with Crippen LogP contribution in [0.2, 0.25) is 0 Å². The van der Waals surface area contributed by atoms with E-state index in [4.69, 9.17) is 18.1 Å². The van der Waals surface area contributed by atoms with Gasteiger partial charge in [0, 0.05) is 0 Å². The molecule has 6 nitrogen and oxygen atoms in total. The van der Waals surface area contributed by atoms with E-state index >= 15 is 0 Å². The monoisotopic (exact) mass is 622 g/mol. The zero-order chi connectivity index (χ0) is 24.6. The summed E-state index contributed by atoms with van der Waals surface area (Å²) in [5.41, 5.74) is 1.59. The van der Waals surface area contributed by atoms with Crippen LogP contribution in [0.15, 0.2) is 19.6 Å². The summed E-state index contributed by atoms with van der Waals surface area (Å²) in [6.45, 7) is 12.4. The average molecular weight is 624 g/mol. The Balaban J connectivity index is 6.89. The first kappa shape index (κ1) is 32.7. The minimum absolute atomic E-state index is 0.251. The molecule has 190 valence electrons. The molecule has 0 aliphatic carbocycles. The number of hydrogen-bond acceptors (Lipinski definition) is 6. The van der Waals surface area contributed by atoms with Crippen molar-refractivity contribution in [2.24, 2.45) is 0 Å². The Morgan fingerprint density at radius 2 is 0.844 bits per heavy atom. The molecule has 0 saturated carbocycles. The summed E-state index contributed by atoms with van der Waals surface area (Å²) in [5.74, 6) is 0. The topological polar surface area (TPSA) is 71.1 Å². The van der Waals surface area contributed by atoms with Gasteiger partial charge in [-0.1, -0.05) is 39.5 Å². The number of allylic oxidation sites excluding steroid dienone is 2. The molecule has 0 aromatic carbocycles. The van der Waals surface area contributed by atoms with Crippen LogP contribution in [0.25, 0.3) is 0 Å². The maximum atomic E-state index is 13.6. The third kappa shape index (κ3) is 10.6. The van der Waals surface area contributed by atoms with Crippen LogP contribution in [0.5, 0.6) is 0 Å². The van der Waals surface area contributed by atoms with Crippen LogP contribution >= 0.6 is 47.1 Å². The fraction of sp³-hybridized carbons (Fsp3) is 0.818. The molecule has 0 atom stereocenters. The van der Waals surface area contributed by atoms with Crippen molar-refractivity contribution in [3.05, 3.63) is 19.6 Å². The molecule has 0 aromatic heterocycles. The van der Waals surface area contributed by atoms with Gasteiger partial charge in [0.2, 0.25) is 0 Å². The Morgan fingerprint density at radius 1 is 0.562 bits per heavy atom. The normalized spacial score (nSPS) is 14.4. The fourth-order valence-corrected chi connectivity index (χ4v) is 8.39. The van der Waals surface area contributed by atoms with E-state index in [0.29, 0.717) is 21.3 Å². The SMILES string of the molecule is CCCCCC(/C(CCCCC)=C(\Br)P(=O)(OCC)OCC)=C(/Br)P(=O)(OCC)OCC. The lowest BCUT2D eigenvalue weighted by atomic mass is 9.98. The van der Waals surface area contributed by atoms with Crippen LogP contribution in [0.3, 0.4) is 0 Å². The fourth-order valence-electron chi connectivity index (χ4n) is 3.17. The van der Waals surface area contributed by atoms with Gasteiger partial charge in [-0.3, -0.25) is 9.13 Å². The van der Waals surface area contributed by atoms with E-state index in [2.05, 4.69) is 45.7 Å². The van der Waals surface area contributed by atoms with E-state index < -0.39 is 15.2 Å². The Bertz CT molecular complexity index is 616. The Kier molecular flexibility index (Phi) is 18.5. The molecule has 10 heteroatoms. The second kappa shape index (κ2) is 18.1. The van der Waals surface area contributed by atoms with Crippen molar-refractivity contribution in [3.8, 4) is 0 Å². The molecule has 0 amide bonds. The van der Waals surface area contributed by atoms with Gasteiger partial charge in [-0.2, -0.15) is 0 Å². The lowest BCUT2D eigenvalue weighted by Crippen LogP contribution is -2.04. The largest absolute Gasteiger partial charge is 0.368 e. The van der Waals surface area contributed by atoms with Crippen LogP contribution in [-0.2, 0) is 27.2 Å². The van der Waals surface area contributed by atoms with Crippen molar-refractivity contribution in [1.82, 2.24) is 0 Å². The first-order valence-electron chi connectivity index (χ1n) is 11.8. The molecule has 0 aliphatic rings. The van der Waals surface area contributed by atoms with Gasteiger partial charge < -0.3 is 18.1 Å². The van der Waals surface area contributed by atoms with Crippen molar-refractivity contribution in [3.63, 3.8) is 0 Å². The highest BCUT2D eigenvalue weighted by Gasteiger charge is 2.36. The van der Waals surface area contributed by atoms with E-state index in [0.717, 1.165) is 49.7 Å². The minimum Gasteiger partial charge on any atom is -0.305 e. The van der Waals surface area contributed by atoms with E-state index in [1.54, 1.807) is 27.7 Å².